The van der Waals surface area contributed by atoms with Gasteiger partial charge in [-0.1, -0.05) is 12.1 Å². The first-order chi connectivity index (χ1) is 13.4. The highest BCUT2D eigenvalue weighted by Gasteiger charge is 2.17. The van der Waals surface area contributed by atoms with E-state index in [1.54, 1.807) is 7.11 Å². The summed E-state index contributed by atoms with van der Waals surface area (Å²) in [6, 6.07) is 10.5. The molecule has 9 heteroatoms. The topological polar surface area (TPSA) is 128 Å². The van der Waals surface area contributed by atoms with Crippen LogP contribution in [0.15, 0.2) is 42.5 Å². The molecule has 2 aromatic rings. The monoisotopic (exact) mass is 388 g/mol. The van der Waals surface area contributed by atoms with Gasteiger partial charge in [0.1, 0.15) is 5.75 Å². The van der Waals surface area contributed by atoms with E-state index in [9.17, 15) is 19.7 Å². The molecule has 28 heavy (non-hydrogen) atoms. The molecule has 2 rings (SSSR count). The van der Waals surface area contributed by atoms with Crippen LogP contribution in [-0.2, 0) is 11.3 Å². The Morgan fingerprint density at radius 1 is 1.14 bits per heavy atom. The number of carboxylic acids is 1. The van der Waals surface area contributed by atoms with Gasteiger partial charge < -0.3 is 19.9 Å². The largest absolute Gasteiger partial charge is 0.497 e. The number of hydrogen-bond donors (Lipinski definition) is 2. The summed E-state index contributed by atoms with van der Waals surface area (Å²) in [5.74, 6) is -1.16. The standard InChI is InChI=1S/C19H20N2O7/c1-27-17-5-3-13(4-6-17)12-28-8-2-7-20-18(22)14-9-15(19(23)24)11-16(10-14)21(25)26/h3-6,9-11H,2,7-8,12H2,1H3,(H,20,22)(H,23,24). The molecule has 0 aliphatic carbocycles. The molecule has 0 fully saturated rings. The second kappa shape index (κ2) is 10.0. The molecule has 0 unspecified atom stereocenters. The predicted octanol–water partition coefficient (Wildman–Crippen LogP) is 2.64. The molecule has 0 aliphatic rings. The zero-order chi connectivity index (χ0) is 20.5. The summed E-state index contributed by atoms with van der Waals surface area (Å²) in [6.07, 6.45) is 0.530. The van der Waals surface area contributed by atoms with Crippen molar-refractivity contribution in [3.05, 3.63) is 69.3 Å². The number of aromatic carboxylic acids is 1. The summed E-state index contributed by atoms with van der Waals surface area (Å²) < 4.78 is 10.6. The highest BCUT2D eigenvalue weighted by atomic mass is 16.6. The molecular weight excluding hydrogens is 368 g/mol. The van der Waals surface area contributed by atoms with Gasteiger partial charge in [-0.05, 0) is 30.2 Å². The van der Waals surface area contributed by atoms with E-state index in [-0.39, 0.29) is 17.7 Å². The third-order valence-corrected chi connectivity index (χ3v) is 3.82. The first-order valence-corrected chi connectivity index (χ1v) is 8.42. The Labute approximate surface area is 161 Å². The normalized spacial score (nSPS) is 10.3. The van der Waals surface area contributed by atoms with Crippen molar-refractivity contribution < 1.29 is 29.1 Å². The Balaban J connectivity index is 1.79. The first kappa shape index (κ1) is 20.8. The van der Waals surface area contributed by atoms with Gasteiger partial charge in [-0.2, -0.15) is 0 Å². The minimum Gasteiger partial charge on any atom is -0.497 e. The van der Waals surface area contributed by atoms with Crippen molar-refractivity contribution in [3.8, 4) is 5.75 Å². The Kier molecular flexibility index (Phi) is 7.46. The molecule has 0 aromatic heterocycles. The Morgan fingerprint density at radius 2 is 1.82 bits per heavy atom. The molecule has 2 N–H and O–H groups in total. The average Bonchev–Trinajstić information content (AvgIpc) is 2.70. The molecule has 0 bridgehead atoms. The third-order valence-electron chi connectivity index (χ3n) is 3.82. The lowest BCUT2D eigenvalue weighted by Gasteiger charge is -2.08. The van der Waals surface area contributed by atoms with E-state index in [1.165, 1.54) is 0 Å². The molecule has 1 amide bonds. The van der Waals surface area contributed by atoms with E-state index < -0.39 is 22.5 Å². The molecular formula is C19H20N2O7. The summed E-state index contributed by atoms with van der Waals surface area (Å²) >= 11 is 0. The zero-order valence-corrected chi connectivity index (χ0v) is 15.2. The highest BCUT2D eigenvalue weighted by Crippen LogP contribution is 2.17. The summed E-state index contributed by atoms with van der Waals surface area (Å²) in [6.45, 7) is 1.11. The molecule has 0 spiro atoms. The summed E-state index contributed by atoms with van der Waals surface area (Å²) in [5, 5.41) is 22.5. The van der Waals surface area contributed by atoms with Gasteiger partial charge in [0.15, 0.2) is 0 Å². The first-order valence-electron chi connectivity index (χ1n) is 8.42. The number of amides is 1. The zero-order valence-electron chi connectivity index (χ0n) is 15.2. The minimum absolute atomic E-state index is 0.0780. The van der Waals surface area contributed by atoms with Crippen LogP contribution in [0.3, 0.4) is 0 Å². The number of non-ortho nitro benzene ring substituents is 1. The summed E-state index contributed by atoms with van der Waals surface area (Å²) in [4.78, 5) is 33.3. The maximum Gasteiger partial charge on any atom is 0.335 e. The number of nitrogens with zero attached hydrogens (tertiary/aromatic N) is 1. The van der Waals surface area contributed by atoms with E-state index in [0.717, 1.165) is 29.5 Å². The fourth-order valence-corrected chi connectivity index (χ4v) is 2.36. The van der Waals surface area contributed by atoms with E-state index in [2.05, 4.69) is 5.32 Å². The molecule has 0 atom stereocenters. The average molecular weight is 388 g/mol. The van der Waals surface area contributed by atoms with Crippen LogP contribution in [0.2, 0.25) is 0 Å². The Hall–Kier alpha value is -3.46. The molecule has 0 heterocycles. The number of ether oxygens (including phenoxy) is 2. The van der Waals surface area contributed by atoms with Crippen molar-refractivity contribution >= 4 is 17.6 Å². The summed E-state index contributed by atoms with van der Waals surface area (Å²) in [7, 11) is 1.59. The van der Waals surface area contributed by atoms with Gasteiger partial charge in [-0.25, -0.2) is 4.79 Å². The Morgan fingerprint density at radius 3 is 2.43 bits per heavy atom. The highest BCUT2D eigenvalue weighted by molar-refractivity contribution is 5.98. The van der Waals surface area contributed by atoms with Crippen LogP contribution < -0.4 is 10.1 Å². The van der Waals surface area contributed by atoms with Gasteiger partial charge in [0.2, 0.25) is 0 Å². The molecule has 0 saturated carbocycles. The lowest BCUT2D eigenvalue weighted by atomic mass is 10.1. The second-order valence-corrected chi connectivity index (χ2v) is 5.84. The van der Waals surface area contributed by atoms with Crippen molar-refractivity contribution in [2.75, 3.05) is 20.3 Å². The number of hydrogen-bond acceptors (Lipinski definition) is 6. The van der Waals surface area contributed by atoms with Gasteiger partial charge >= 0.3 is 5.97 Å². The molecule has 0 aliphatic heterocycles. The number of methoxy groups -OCH3 is 1. The van der Waals surface area contributed by atoms with Crippen molar-refractivity contribution in [2.45, 2.75) is 13.0 Å². The number of nitro benzene ring substituents is 1. The van der Waals surface area contributed by atoms with Gasteiger partial charge in [-0.3, -0.25) is 14.9 Å². The van der Waals surface area contributed by atoms with Crippen LogP contribution >= 0.6 is 0 Å². The van der Waals surface area contributed by atoms with Gasteiger partial charge in [0, 0.05) is 30.8 Å². The van der Waals surface area contributed by atoms with Crippen molar-refractivity contribution in [3.63, 3.8) is 0 Å². The number of rotatable bonds is 10. The van der Waals surface area contributed by atoms with E-state index in [4.69, 9.17) is 14.6 Å². The number of benzene rings is 2. The van der Waals surface area contributed by atoms with E-state index >= 15 is 0 Å². The lowest BCUT2D eigenvalue weighted by molar-refractivity contribution is -0.384. The molecule has 9 nitrogen and oxygen atoms in total. The van der Waals surface area contributed by atoms with Crippen molar-refractivity contribution in [1.82, 2.24) is 5.32 Å². The minimum atomic E-state index is -1.34. The van der Waals surface area contributed by atoms with Gasteiger partial charge in [-0.15, -0.1) is 0 Å². The van der Waals surface area contributed by atoms with E-state index in [0.29, 0.717) is 19.6 Å². The molecule has 0 radical (unpaired) electrons. The maximum absolute atomic E-state index is 12.1. The lowest BCUT2D eigenvalue weighted by Crippen LogP contribution is -2.25. The number of nitrogens with one attached hydrogen (secondary N) is 1. The third kappa shape index (κ3) is 6.06. The van der Waals surface area contributed by atoms with Crippen LogP contribution in [0, 0.1) is 10.1 Å². The molecule has 2 aromatic carbocycles. The second-order valence-electron chi connectivity index (χ2n) is 5.84. The maximum atomic E-state index is 12.1. The SMILES string of the molecule is COc1ccc(COCCCNC(=O)c2cc(C(=O)O)cc([N+](=O)[O-])c2)cc1. The summed E-state index contributed by atoms with van der Waals surface area (Å²) in [5.41, 5.74) is 0.142. The fourth-order valence-electron chi connectivity index (χ4n) is 2.36. The van der Waals surface area contributed by atoms with Gasteiger partial charge in [0.05, 0.1) is 24.2 Å². The van der Waals surface area contributed by atoms with Crippen molar-refractivity contribution in [2.24, 2.45) is 0 Å². The number of carbonyl (C=O) groups excluding carboxylic acids is 1. The van der Waals surface area contributed by atoms with Crippen LogP contribution in [0.4, 0.5) is 5.69 Å². The number of carbonyl (C=O) groups is 2. The fraction of sp³-hybridized carbons (Fsp3) is 0.263. The van der Waals surface area contributed by atoms with Gasteiger partial charge in [0.25, 0.3) is 11.6 Å². The number of nitro groups is 1. The van der Waals surface area contributed by atoms with Crippen LogP contribution in [0.1, 0.15) is 32.7 Å². The van der Waals surface area contributed by atoms with Crippen LogP contribution in [-0.4, -0.2) is 42.2 Å². The Bertz CT molecular complexity index is 818. The van der Waals surface area contributed by atoms with E-state index in [1.807, 2.05) is 24.3 Å². The predicted molar refractivity (Wildman–Crippen MR) is 99.7 cm³/mol. The van der Waals surface area contributed by atoms with Crippen molar-refractivity contribution in [1.29, 1.82) is 0 Å². The quantitative estimate of drug-likeness (QED) is 0.364. The molecule has 0 saturated heterocycles. The van der Waals surface area contributed by atoms with Crippen LogP contribution in [0.5, 0.6) is 5.75 Å². The molecule has 148 valence electrons. The smallest absolute Gasteiger partial charge is 0.335 e. The van der Waals surface area contributed by atoms with Crippen LogP contribution in [0.25, 0.3) is 0 Å². The number of carboxylic acid groups (broad SMARTS) is 1.